The van der Waals surface area contributed by atoms with Gasteiger partial charge in [0.15, 0.2) is 24.8 Å². The van der Waals surface area contributed by atoms with Crippen molar-refractivity contribution in [1.29, 1.82) is 0 Å². The van der Waals surface area contributed by atoms with E-state index >= 15 is 0 Å². The van der Waals surface area contributed by atoms with E-state index < -0.39 is 30.8 Å². The Morgan fingerprint density at radius 2 is 2.12 bits per heavy atom. The number of carbonyl (C=O) groups is 1. The molecular weight excluding hydrogens is 372 g/mol. The molecule has 1 fully saturated rings. The highest BCUT2D eigenvalue weighted by Gasteiger charge is 2.38. The van der Waals surface area contributed by atoms with Crippen molar-refractivity contribution in [2.24, 2.45) is 0 Å². The Balaban J connectivity index is 1.86. The van der Waals surface area contributed by atoms with Crippen LogP contribution >= 0.6 is 11.3 Å². The van der Waals surface area contributed by atoms with Crippen molar-refractivity contribution in [2.75, 3.05) is 16.8 Å². The summed E-state index contributed by atoms with van der Waals surface area (Å²) >= 11 is 1.25. The second-order valence-electron chi connectivity index (χ2n) is 5.39. The lowest BCUT2D eigenvalue weighted by atomic mass is 10.2. The smallest absolute Gasteiger partial charge is 0.257 e. The lowest BCUT2D eigenvalue weighted by Gasteiger charge is -2.11. The molecule has 128 valence electrons. The minimum atomic E-state index is -3.80. The number of hydrogen-bond donors (Lipinski definition) is 1. The van der Waals surface area contributed by atoms with Crippen molar-refractivity contribution in [3.8, 4) is 0 Å². The quantitative estimate of drug-likeness (QED) is 0.849. The number of amides is 1. The molecule has 0 bridgehead atoms. The van der Waals surface area contributed by atoms with Crippen molar-refractivity contribution < 1.29 is 21.6 Å². The highest BCUT2D eigenvalue weighted by atomic mass is 32.2. The van der Waals surface area contributed by atoms with Crippen LogP contribution in [0.15, 0.2) is 40.7 Å². The molecule has 3 rings (SSSR count). The predicted molar refractivity (Wildman–Crippen MR) is 90.8 cm³/mol. The Bertz CT molecular complexity index is 966. The summed E-state index contributed by atoms with van der Waals surface area (Å²) in [4.78, 5) is 16.1. The number of hydrogen-bond acceptors (Lipinski definition) is 7. The Kier molecular flexibility index (Phi) is 4.45. The zero-order chi connectivity index (χ0) is 17.4. The molecule has 1 amide bonds. The van der Waals surface area contributed by atoms with Crippen LogP contribution in [0.2, 0.25) is 0 Å². The third-order valence-electron chi connectivity index (χ3n) is 3.71. The fourth-order valence-corrected chi connectivity index (χ4v) is 7.39. The predicted octanol–water partition coefficient (Wildman–Crippen LogP) is 1.36. The summed E-state index contributed by atoms with van der Waals surface area (Å²) in [6.07, 6.45) is 1.63. The molecule has 7 nitrogen and oxygen atoms in total. The molecule has 0 radical (unpaired) electrons. The summed E-state index contributed by atoms with van der Waals surface area (Å²) < 4.78 is 48.3. The fraction of sp³-hybridized carbons (Fsp3) is 0.286. The van der Waals surface area contributed by atoms with Gasteiger partial charge in [-0.1, -0.05) is 6.07 Å². The third kappa shape index (κ3) is 3.50. The molecule has 1 atom stereocenters. The standard InChI is InChI=1S/C14H14N2O5S3/c17-13(16-14-15-5-6-22-14)10-2-1-3-11(8-10)24(20,21)12-4-7-23(18,19)9-12/h1-3,5-6,8,12H,4,7,9H2,(H,15,16,17)/t12-/m0/s1. The highest BCUT2D eigenvalue weighted by Crippen LogP contribution is 2.26. The highest BCUT2D eigenvalue weighted by molar-refractivity contribution is 7.96. The summed E-state index contributed by atoms with van der Waals surface area (Å²) in [5, 5.41) is 3.74. The zero-order valence-corrected chi connectivity index (χ0v) is 14.8. The third-order valence-corrected chi connectivity index (χ3v) is 8.57. The van der Waals surface area contributed by atoms with Gasteiger partial charge >= 0.3 is 0 Å². The molecule has 1 aliphatic rings. The Labute approximate surface area is 143 Å². The van der Waals surface area contributed by atoms with Crippen molar-refractivity contribution >= 4 is 42.1 Å². The van der Waals surface area contributed by atoms with Crippen LogP contribution in [-0.2, 0) is 19.7 Å². The number of benzene rings is 1. The van der Waals surface area contributed by atoms with Gasteiger partial charge in [0.2, 0.25) is 0 Å². The molecule has 0 spiro atoms. The summed E-state index contributed by atoms with van der Waals surface area (Å²) in [5.74, 6) is -0.965. The Morgan fingerprint density at radius 3 is 2.75 bits per heavy atom. The second-order valence-corrected chi connectivity index (χ2v) is 10.7. The van der Waals surface area contributed by atoms with E-state index in [1.54, 1.807) is 11.6 Å². The average Bonchev–Trinajstić information content (AvgIpc) is 3.17. The molecule has 10 heteroatoms. The van der Waals surface area contributed by atoms with Gasteiger partial charge in [-0.2, -0.15) is 0 Å². The molecule has 1 saturated heterocycles. The van der Waals surface area contributed by atoms with E-state index in [1.165, 1.54) is 35.6 Å². The minimum absolute atomic E-state index is 0.0450. The zero-order valence-electron chi connectivity index (χ0n) is 12.4. The molecule has 1 aromatic heterocycles. The van der Waals surface area contributed by atoms with Crippen LogP contribution in [0, 0.1) is 0 Å². The van der Waals surface area contributed by atoms with Crippen molar-refractivity contribution in [2.45, 2.75) is 16.6 Å². The number of nitrogens with zero attached hydrogens (tertiary/aromatic N) is 1. The van der Waals surface area contributed by atoms with E-state index in [-0.39, 0.29) is 28.4 Å². The monoisotopic (exact) mass is 386 g/mol. The van der Waals surface area contributed by atoms with Crippen LogP contribution < -0.4 is 5.32 Å². The number of carbonyl (C=O) groups excluding carboxylic acids is 1. The van der Waals surface area contributed by atoms with Gasteiger partial charge in [-0.15, -0.1) is 11.3 Å². The summed E-state index contributed by atoms with van der Waals surface area (Å²) in [6.45, 7) is 0. The number of rotatable bonds is 4. The van der Waals surface area contributed by atoms with E-state index in [0.29, 0.717) is 5.13 Å². The number of aromatic nitrogens is 1. The molecule has 1 N–H and O–H groups in total. The molecular formula is C14H14N2O5S3. The SMILES string of the molecule is O=C(Nc1nccs1)c1cccc(S(=O)(=O)[C@H]2CCS(=O)(=O)C2)c1. The summed E-state index contributed by atoms with van der Waals surface area (Å²) in [7, 11) is -7.11. The average molecular weight is 386 g/mol. The first-order valence-corrected chi connectivity index (χ1v) is 11.3. The van der Waals surface area contributed by atoms with E-state index in [4.69, 9.17) is 0 Å². The van der Waals surface area contributed by atoms with E-state index in [9.17, 15) is 21.6 Å². The van der Waals surface area contributed by atoms with E-state index in [1.807, 2.05) is 0 Å². The van der Waals surface area contributed by atoms with Crippen molar-refractivity contribution in [3.63, 3.8) is 0 Å². The maximum atomic E-state index is 12.6. The normalized spacial score (nSPS) is 19.9. The van der Waals surface area contributed by atoms with Crippen LogP contribution in [0.25, 0.3) is 0 Å². The summed E-state index contributed by atoms with van der Waals surface area (Å²) in [6, 6.07) is 5.60. The van der Waals surface area contributed by atoms with Crippen LogP contribution in [0.1, 0.15) is 16.8 Å². The number of anilines is 1. The molecule has 24 heavy (non-hydrogen) atoms. The Hall–Kier alpha value is -1.78. The number of nitrogens with one attached hydrogen (secondary N) is 1. The molecule has 2 heterocycles. The molecule has 0 aliphatic carbocycles. The topological polar surface area (TPSA) is 110 Å². The molecule has 0 saturated carbocycles. The maximum absolute atomic E-state index is 12.6. The Morgan fingerprint density at radius 1 is 1.33 bits per heavy atom. The van der Waals surface area contributed by atoms with Crippen molar-refractivity contribution in [1.82, 2.24) is 4.98 Å². The lowest BCUT2D eigenvalue weighted by molar-refractivity contribution is 0.102. The largest absolute Gasteiger partial charge is 0.298 e. The van der Waals surface area contributed by atoms with Crippen LogP contribution in [0.4, 0.5) is 5.13 Å². The fourth-order valence-electron chi connectivity index (χ4n) is 2.47. The molecule has 0 unspecified atom stereocenters. The van der Waals surface area contributed by atoms with Gasteiger partial charge in [0.1, 0.15) is 0 Å². The van der Waals surface area contributed by atoms with E-state index in [0.717, 1.165) is 0 Å². The molecule has 2 aromatic rings. The summed E-state index contributed by atoms with van der Waals surface area (Å²) in [5.41, 5.74) is 0.173. The van der Waals surface area contributed by atoms with Gasteiger partial charge in [0, 0.05) is 17.1 Å². The van der Waals surface area contributed by atoms with Crippen LogP contribution in [0.3, 0.4) is 0 Å². The first-order chi connectivity index (χ1) is 11.3. The van der Waals surface area contributed by atoms with Gasteiger partial charge in [-0.3, -0.25) is 10.1 Å². The van der Waals surface area contributed by atoms with E-state index in [2.05, 4.69) is 10.3 Å². The van der Waals surface area contributed by atoms with Gasteiger partial charge in [-0.25, -0.2) is 21.8 Å². The first-order valence-electron chi connectivity index (χ1n) is 7.03. The molecule has 1 aliphatic heterocycles. The number of thiazole rings is 1. The molecule has 1 aromatic carbocycles. The minimum Gasteiger partial charge on any atom is -0.298 e. The lowest BCUT2D eigenvalue weighted by Crippen LogP contribution is -2.23. The van der Waals surface area contributed by atoms with Crippen LogP contribution in [0.5, 0.6) is 0 Å². The van der Waals surface area contributed by atoms with Gasteiger partial charge < -0.3 is 0 Å². The second kappa shape index (κ2) is 6.26. The van der Waals surface area contributed by atoms with Gasteiger partial charge in [0.25, 0.3) is 5.91 Å². The van der Waals surface area contributed by atoms with Crippen LogP contribution in [-0.4, -0.2) is 44.5 Å². The van der Waals surface area contributed by atoms with Gasteiger partial charge in [-0.05, 0) is 24.6 Å². The first kappa shape index (κ1) is 17.1. The number of sulfone groups is 2. The van der Waals surface area contributed by atoms with Gasteiger partial charge in [0.05, 0.1) is 21.7 Å². The van der Waals surface area contributed by atoms with Crippen molar-refractivity contribution in [3.05, 3.63) is 41.4 Å². The maximum Gasteiger partial charge on any atom is 0.257 e.